The van der Waals surface area contributed by atoms with E-state index >= 15 is 0 Å². The van der Waals surface area contributed by atoms with E-state index in [0.717, 1.165) is 44.9 Å². The molecule has 0 aliphatic rings. The molecule has 0 amide bonds. The molecule has 0 aliphatic heterocycles. The first kappa shape index (κ1) is 22.3. The maximum Gasteiger partial charge on any atom is 0.513 e. The van der Waals surface area contributed by atoms with E-state index in [1.54, 1.807) is 48.5 Å². The minimum absolute atomic E-state index is 0.364. The van der Waals surface area contributed by atoms with Crippen molar-refractivity contribution in [3.63, 3.8) is 0 Å². The average molecular weight is 400 g/mol. The topological polar surface area (TPSA) is 71.1 Å². The third-order valence-electron chi connectivity index (χ3n) is 4.12. The first-order chi connectivity index (χ1) is 14.2. The van der Waals surface area contributed by atoms with Gasteiger partial charge in [0.25, 0.3) is 0 Å². The predicted molar refractivity (Wildman–Crippen MR) is 109 cm³/mol. The molecule has 0 bridgehead atoms. The average Bonchev–Trinajstić information content (AvgIpc) is 2.73. The number of ether oxygens (including phenoxy) is 4. The molecule has 0 aromatic heterocycles. The zero-order chi connectivity index (χ0) is 20.6. The maximum absolute atomic E-state index is 11.5. The summed E-state index contributed by atoms with van der Waals surface area (Å²) in [5, 5.41) is 0. The van der Waals surface area contributed by atoms with Crippen LogP contribution in [0.25, 0.3) is 0 Å². The van der Waals surface area contributed by atoms with Crippen LogP contribution in [0.1, 0.15) is 44.9 Å². The second-order valence-electron chi connectivity index (χ2n) is 6.50. The van der Waals surface area contributed by atoms with Crippen LogP contribution in [0.15, 0.2) is 60.7 Å². The Morgan fingerprint density at radius 2 is 0.862 bits per heavy atom. The van der Waals surface area contributed by atoms with Crippen molar-refractivity contribution in [2.24, 2.45) is 0 Å². The maximum atomic E-state index is 11.5. The normalized spacial score (nSPS) is 10.2. The van der Waals surface area contributed by atoms with Gasteiger partial charge in [-0.05, 0) is 37.1 Å². The van der Waals surface area contributed by atoms with E-state index in [1.807, 2.05) is 12.1 Å². The standard InChI is InChI=1S/C23H28O6/c24-22(28-20-14-8-6-9-15-20)26-18-12-4-2-1-3-5-13-19-27-23(25)29-21-16-10-7-11-17-21/h6-11,14-17H,1-5,12-13,18-19H2. The molecule has 2 aromatic rings. The number of para-hydroxylation sites is 2. The highest BCUT2D eigenvalue weighted by Gasteiger charge is 2.06. The second kappa shape index (κ2) is 14.0. The summed E-state index contributed by atoms with van der Waals surface area (Å²) in [4.78, 5) is 23.0. The van der Waals surface area contributed by atoms with Crippen LogP contribution in [0.4, 0.5) is 9.59 Å². The summed E-state index contributed by atoms with van der Waals surface area (Å²) in [5.74, 6) is 0.963. The Labute approximate surface area is 171 Å². The number of benzene rings is 2. The molecular weight excluding hydrogens is 372 g/mol. The van der Waals surface area contributed by atoms with Gasteiger partial charge >= 0.3 is 12.3 Å². The molecule has 0 atom stereocenters. The zero-order valence-electron chi connectivity index (χ0n) is 16.6. The summed E-state index contributed by atoms with van der Waals surface area (Å²) in [6.07, 6.45) is 5.56. The predicted octanol–water partition coefficient (Wildman–Crippen LogP) is 6.15. The van der Waals surface area contributed by atoms with E-state index in [0.29, 0.717) is 24.7 Å². The third-order valence-corrected chi connectivity index (χ3v) is 4.12. The van der Waals surface area contributed by atoms with E-state index in [1.165, 1.54) is 0 Å². The summed E-state index contributed by atoms with van der Waals surface area (Å²) in [5.41, 5.74) is 0. The SMILES string of the molecule is O=C(OCCCCCCCCCOC(=O)Oc1ccccc1)Oc1ccccc1. The minimum Gasteiger partial charge on any atom is -0.434 e. The van der Waals surface area contributed by atoms with Crippen molar-refractivity contribution < 1.29 is 28.5 Å². The molecular formula is C23H28O6. The van der Waals surface area contributed by atoms with E-state index < -0.39 is 12.3 Å². The first-order valence-electron chi connectivity index (χ1n) is 10.0. The van der Waals surface area contributed by atoms with Gasteiger partial charge in [0, 0.05) is 0 Å². The van der Waals surface area contributed by atoms with Gasteiger partial charge in [-0.25, -0.2) is 9.59 Å². The van der Waals surface area contributed by atoms with Gasteiger partial charge in [0.15, 0.2) is 0 Å². The molecule has 6 nitrogen and oxygen atoms in total. The monoisotopic (exact) mass is 400 g/mol. The Balaban J connectivity index is 1.35. The fourth-order valence-corrected chi connectivity index (χ4v) is 2.63. The van der Waals surface area contributed by atoms with Crippen LogP contribution in [-0.2, 0) is 9.47 Å². The smallest absolute Gasteiger partial charge is 0.434 e. The number of carbonyl (C=O) groups is 2. The van der Waals surface area contributed by atoms with Gasteiger partial charge in [-0.3, -0.25) is 0 Å². The van der Waals surface area contributed by atoms with Crippen molar-refractivity contribution in [1.82, 2.24) is 0 Å². The van der Waals surface area contributed by atoms with Gasteiger partial charge in [-0.15, -0.1) is 0 Å². The van der Waals surface area contributed by atoms with Gasteiger partial charge in [-0.1, -0.05) is 68.5 Å². The lowest BCUT2D eigenvalue weighted by atomic mass is 10.1. The fraction of sp³-hybridized carbons (Fsp3) is 0.391. The number of rotatable bonds is 12. The van der Waals surface area contributed by atoms with Gasteiger partial charge in [0.05, 0.1) is 13.2 Å². The van der Waals surface area contributed by atoms with Gasteiger partial charge in [0.1, 0.15) is 11.5 Å². The molecule has 0 spiro atoms. The Hall–Kier alpha value is -3.02. The van der Waals surface area contributed by atoms with Crippen molar-refractivity contribution in [2.75, 3.05) is 13.2 Å². The van der Waals surface area contributed by atoms with Crippen LogP contribution in [0.5, 0.6) is 11.5 Å². The molecule has 0 unspecified atom stereocenters. The highest BCUT2D eigenvalue weighted by molar-refractivity contribution is 5.64. The number of hydrogen-bond donors (Lipinski definition) is 0. The molecule has 0 N–H and O–H groups in total. The molecule has 0 fully saturated rings. The van der Waals surface area contributed by atoms with Crippen molar-refractivity contribution in [2.45, 2.75) is 44.9 Å². The summed E-state index contributed by atoms with van der Waals surface area (Å²) >= 11 is 0. The quantitative estimate of drug-likeness (QED) is 0.242. The van der Waals surface area contributed by atoms with Crippen LogP contribution in [-0.4, -0.2) is 25.5 Å². The minimum atomic E-state index is -0.665. The molecule has 2 aromatic carbocycles. The Morgan fingerprint density at radius 1 is 0.517 bits per heavy atom. The highest BCUT2D eigenvalue weighted by atomic mass is 16.7. The summed E-state index contributed by atoms with van der Waals surface area (Å²) in [7, 11) is 0. The van der Waals surface area contributed by atoms with E-state index in [4.69, 9.17) is 18.9 Å². The largest absolute Gasteiger partial charge is 0.513 e. The molecule has 29 heavy (non-hydrogen) atoms. The number of carbonyl (C=O) groups excluding carboxylic acids is 2. The van der Waals surface area contributed by atoms with Gasteiger partial charge in [-0.2, -0.15) is 0 Å². The zero-order valence-corrected chi connectivity index (χ0v) is 16.6. The Kier molecular flexibility index (Phi) is 10.8. The van der Waals surface area contributed by atoms with Crippen molar-refractivity contribution in [3.05, 3.63) is 60.7 Å². The molecule has 0 aliphatic carbocycles. The highest BCUT2D eigenvalue weighted by Crippen LogP contribution is 2.11. The van der Waals surface area contributed by atoms with Crippen molar-refractivity contribution >= 4 is 12.3 Å². The molecule has 0 heterocycles. The van der Waals surface area contributed by atoms with Crippen LogP contribution in [0.3, 0.4) is 0 Å². The molecule has 0 saturated heterocycles. The van der Waals surface area contributed by atoms with Crippen LogP contribution in [0.2, 0.25) is 0 Å². The number of unbranched alkanes of at least 4 members (excludes halogenated alkanes) is 6. The Bertz CT molecular complexity index is 640. The third kappa shape index (κ3) is 10.8. The lowest BCUT2D eigenvalue weighted by Crippen LogP contribution is -2.11. The molecule has 2 rings (SSSR count). The summed E-state index contributed by atoms with van der Waals surface area (Å²) < 4.78 is 20.2. The van der Waals surface area contributed by atoms with Crippen LogP contribution < -0.4 is 9.47 Å². The van der Waals surface area contributed by atoms with Gasteiger partial charge in [0.2, 0.25) is 0 Å². The van der Waals surface area contributed by atoms with E-state index in [2.05, 4.69) is 0 Å². The molecule has 156 valence electrons. The second-order valence-corrected chi connectivity index (χ2v) is 6.50. The van der Waals surface area contributed by atoms with E-state index in [9.17, 15) is 9.59 Å². The Morgan fingerprint density at radius 3 is 1.24 bits per heavy atom. The molecule has 0 radical (unpaired) electrons. The van der Waals surface area contributed by atoms with Crippen molar-refractivity contribution in [3.8, 4) is 11.5 Å². The van der Waals surface area contributed by atoms with Crippen LogP contribution >= 0.6 is 0 Å². The van der Waals surface area contributed by atoms with Gasteiger partial charge < -0.3 is 18.9 Å². The summed E-state index contributed by atoms with van der Waals surface area (Å²) in [6.45, 7) is 0.728. The number of hydrogen-bond acceptors (Lipinski definition) is 6. The lowest BCUT2D eigenvalue weighted by Gasteiger charge is -2.06. The fourth-order valence-electron chi connectivity index (χ4n) is 2.63. The first-order valence-corrected chi connectivity index (χ1v) is 10.0. The van der Waals surface area contributed by atoms with E-state index in [-0.39, 0.29) is 0 Å². The molecule has 6 heteroatoms. The lowest BCUT2D eigenvalue weighted by molar-refractivity contribution is 0.0967. The van der Waals surface area contributed by atoms with Crippen LogP contribution in [0, 0.1) is 0 Å². The van der Waals surface area contributed by atoms with Crippen molar-refractivity contribution in [1.29, 1.82) is 0 Å². The molecule has 0 saturated carbocycles. The summed E-state index contributed by atoms with van der Waals surface area (Å²) in [6, 6.07) is 17.7.